The number of hydrogen-bond acceptors (Lipinski definition) is 3. The summed E-state index contributed by atoms with van der Waals surface area (Å²) < 4.78 is 31.2. The molecule has 1 saturated heterocycles. The predicted molar refractivity (Wildman–Crippen MR) is 54.3 cm³/mol. The van der Waals surface area contributed by atoms with Crippen molar-refractivity contribution in [2.75, 3.05) is 13.6 Å². The summed E-state index contributed by atoms with van der Waals surface area (Å²) in [6, 6.07) is 2.83. The molecule has 0 saturated carbocycles. The van der Waals surface area contributed by atoms with Gasteiger partial charge in [-0.3, -0.25) is 14.6 Å². The van der Waals surface area contributed by atoms with E-state index in [1.54, 1.807) is 0 Å². The summed E-state index contributed by atoms with van der Waals surface area (Å²) in [6.07, 6.45) is 0.0168. The minimum absolute atomic E-state index is 0.0165. The highest BCUT2D eigenvalue weighted by Crippen LogP contribution is 2.20. The fourth-order valence-electron chi connectivity index (χ4n) is 1.26. The number of ketones is 1. The Hall–Kier alpha value is -1.71. The Balaban J connectivity index is 2.53. The zero-order valence-corrected chi connectivity index (χ0v) is 8.10. The average Bonchev–Trinajstić information content (AvgIpc) is 2.53. The molecule has 2 rings (SSSR count). The van der Waals surface area contributed by atoms with E-state index in [4.69, 9.17) is 5.48 Å². The van der Waals surface area contributed by atoms with E-state index in [0.29, 0.717) is 0 Å². The monoisotopic (exact) mass is 208 g/mol. The zero-order chi connectivity index (χ0) is 14.4. The minimum Gasteiger partial charge on any atom is -0.345 e. The second-order valence-electron chi connectivity index (χ2n) is 3.14. The van der Waals surface area contributed by atoms with Crippen molar-refractivity contribution in [1.29, 1.82) is 0 Å². The van der Waals surface area contributed by atoms with Crippen LogP contribution in [0.4, 0.5) is 0 Å². The summed E-state index contributed by atoms with van der Waals surface area (Å²) in [4.78, 5) is 28.8. The maximum atomic E-state index is 12.3. The standard InChI is InChI=1S/C11H12N2O2/c1-13-6-4-9(11(13)15)10(14)8-3-2-5-12-7-8/h2-3,5,7,9H,4,6H2,1H3/t9-/m1/s1/i4D2,6D,9D/t6-,9-. The molecule has 2 atom stereocenters. The van der Waals surface area contributed by atoms with Crippen molar-refractivity contribution in [2.45, 2.75) is 6.37 Å². The fraction of sp³-hybridized carbons (Fsp3) is 0.364. The summed E-state index contributed by atoms with van der Waals surface area (Å²) in [5.74, 6) is -4.62. The summed E-state index contributed by atoms with van der Waals surface area (Å²) in [6.45, 7) is -1.59. The summed E-state index contributed by atoms with van der Waals surface area (Å²) in [7, 11) is 1.21. The lowest BCUT2D eigenvalue weighted by atomic mass is 9.97. The number of nitrogens with zero attached hydrogens (tertiary/aromatic N) is 2. The lowest BCUT2D eigenvalue weighted by molar-refractivity contribution is -0.128. The average molecular weight is 208 g/mol. The summed E-state index contributed by atoms with van der Waals surface area (Å²) in [5, 5.41) is 0. The van der Waals surface area contributed by atoms with Gasteiger partial charge < -0.3 is 4.90 Å². The van der Waals surface area contributed by atoms with Gasteiger partial charge in [0.2, 0.25) is 5.91 Å². The molecule has 1 aliphatic rings. The molecule has 0 radical (unpaired) electrons. The van der Waals surface area contributed by atoms with E-state index in [9.17, 15) is 9.59 Å². The number of aromatic nitrogens is 1. The topological polar surface area (TPSA) is 50.3 Å². The number of carbonyl (C=O) groups is 2. The Labute approximate surface area is 93.5 Å². The zero-order valence-electron chi connectivity index (χ0n) is 12.1. The smallest absolute Gasteiger partial charge is 0.233 e. The number of carbonyl (C=O) groups excluding carboxylic acids is 2. The number of Topliss-reactive ketones (excluding diaryl/α,β-unsaturated/α-hetero) is 1. The largest absolute Gasteiger partial charge is 0.345 e. The lowest BCUT2D eigenvalue weighted by Crippen LogP contribution is -2.27. The van der Waals surface area contributed by atoms with Gasteiger partial charge in [-0.15, -0.1) is 0 Å². The first kappa shape index (κ1) is 6.00. The van der Waals surface area contributed by atoms with Crippen molar-refractivity contribution < 1.29 is 15.1 Å². The number of likely N-dealkylation sites (tertiary alicyclic amines) is 1. The van der Waals surface area contributed by atoms with E-state index in [0.717, 1.165) is 4.90 Å². The Morgan fingerprint density at radius 2 is 2.60 bits per heavy atom. The molecule has 0 aromatic carbocycles. The van der Waals surface area contributed by atoms with Crippen molar-refractivity contribution >= 4 is 11.7 Å². The molecule has 1 aromatic heterocycles. The third-order valence-corrected chi connectivity index (χ3v) is 2.09. The second-order valence-corrected chi connectivity index (χ2v) is 3.14. The van der Waals surface area contributed by atoms with Crippen molar-refractivity contribution in [3.8, 4) is 0 Å². The Bertz CT molecular complexity index is 537. The first-order chi connectivity index (χ1) is 8.74. The Morgan fingerprint density at radius 3 is 3.13 bits per heavy atom. The molecule has 4 nitrogen and oxygen atoms in total. The van der Waals surface area contributed by atoms with E-state index in [2.05, 4.69) is 4.98 Å². The molecule has 1 fully saturated rings. The number of rotatable bonds is 2. The molecular weight excluding hydrogens is 192 g/mol. The Morgan fingerprint density at radius 1 is 1.80 bits per heavy atom. The van der Waals surface area contributed by atoms with Crippen LogP contribution in [-0.2, 0) is 4.79 Å². The Kier molecular flexibility index (Phi) is 1.52. The van der Waals surface area contributed by atoms with Gasteiger partial charge in [-0.2, -0.15) is 0 Å². The van der Waals surface area contributed by atoms with Crippen molar-refractivity contribution in [3.05, 3.63) is 30.1 Å². The van der Waals surface area contributed by atoms with Crippen molar-refractivity contribution in [2.24, 2.45) is 5.89 Å². The molecule has 15 heavy (non-hydrogen) atoms. The molecule has 0 N–H and O–H groups in total. The third kappa shape index (κ3) is 1.75. The number of pyridine rings is 1. The SMILES string of the molecule is [2H][C@H]1N(C)C(=O)[C@@]([2H])(C(=O)c2cccnc2)C1([2H])[2H]. The maximum absolute atomic E-state index is 12.3. The van der Waals surface area contributed by atoms with Crippen LogP contribution >= 0.6 is 0 Å². The van der Waals surface area contributed by atoms with Gasteiger partial charge in [-0.05, 0) is 18.5 Å². The van der Waals surface area contributed by atoms with Gasteiger partial charge in [-0.25, -0.2) is 0 Å². The molecule has 2 heterocycles. The van der Waals surface area contributed by atoms with E-state index >= 15 is 0 Å². The normalized spacial score (nSPS) is 37.8. The molecule has 1 amide bonds. The van der Waals surface area contributed by atoms with Crippen LogP contribution in [0, 0.1) is 5.89 Å². The first-order valence-electron chi connectivity index (χ1n) is 6.46. The van der Waals surface area contributed by atoms with Gasteiger partial charge in [-0.1, -0.05) is 0 Å². The van der Waals surface area contributed by atoms with Crippen LogP contribution in [0.25, 0.3) is 0 Å². The molecule has 0 spiro atoms. The highest BCUT2D eigenvalue weighted by Gasteiger charge is 2.35. The van der Waals surface area contributed by atoms with Crippen LogP contribution in [-0.4, -0.2) is 35.1 Å². The van der Waals surface area contributed by atoms with E-state index in [1.807, 2.05) is 0 Å². The van der Waals surface area contributed by atoms with Crippen LogP contribution in [0.3, 0.4) is 0 Å². The quantitative estimate of drug-likeness (QED) is 0.532. The van der Waals surface area contributed by atoms with Crippen LogP contribution in [0.15, 0.2) is 24.5 Å². The molecule has 0 bridgehead atoms. The van der Waals surface area contributed by atoms with Gasteiger partial charge in [0.1, 0.15) is 5.89 Å². The molecule has 78 valence electrons. The van der Waals surface area contributed by atoms with E-state index in [1.165, 1.54) is 31.6 Å². The molecular formula is C11H12N2O2. The molecule has 1 aliphatic heterocycles. The van der Waals surface area contributed by atoms with Gasteiger partial charge in [0.25, 0.3) is 0 Å². The van der Waals surface area contributed by atoms with Gasteiger partial charge in [0, 0.05) is 37.0 Å². The van der Waals surface area contributed by atoms with Gasteiger partial charge in [0.05, 0.1) is 0 Å². The van der Waals surface area contributed by atoms with Gasteiger partial charge in [0.15, 0.2) is 5.78 Å². The molecule has 0 unspecified atom stereocenters. The molecule has 0 aliphatic carbocycles. The molecule has 4 heteroatoms. The fourth-order valence-corrected chi connectivity index (χ4v) is 1.26. The predicted octanol–water partition coefficient (Wildman–Crippen LogP) is 0.743. The molecule has 1 aromatic rings. The van der Waals surface area contributed by atoms with Crippen LogP contribution in [0.5, 0.6) is 0 Å². The van der Waals surface area contributed by atoms with Gasteiger partial charge >= 0.3 is 0 Å². The van der Waals surface area contributed by atoms with Crippen molar-refractivity contribution in [1.82, 2.24) is 9.88 Å². The number of hydrogen-bond donors (Lipinski definition) is 0. The first-order valence-corrected chi connectivity index (χ1v) is 4.39. The van der Waals surface area contributed by atoms with Crippen LogP contribution < -0.4 is 0 Å². The van der Waals surface area contributed by atoms with Crippen LogP contribution in [0.1, 0.15) is 22.2 Å². The second kappa shape index (κ2) is 3.81. The third-order valence-electron chi connectivity index (χ3n) is 2.09. The lowest BCUT2D eigenvalue weighted by Gasteiger charge is -2.08. The number of amides is 1. The highest BCUT2D eigenvalue weighted by atomic mass is 16.2. The van der Waals surface area contributed by atoms with Crippen molar-refractivity contribution in [3.63, 3.8) is 0 Å². The summed E-state index contributed by atoms with van der Waals surface area (Å²) in [5.41, 5.74) is -0.0165. The van der Waals surface area contributed by atoms with E-state index < -0.39 is 30.5 Å². The van der Waals surface area contributed by atoms with E-state index in [-0.39, 0.29) is 5.56 Å². The minimum atomic E-state index is -2.64. The highest BCUT2D eigenvalue weighted by molar-refractivity contribution is 6.10. The maximum Gasteiger partial charge on any atom is 0.233 e. The summed E-state index contributed by atoms with van der Waals surface area (Å²) >= 11 is 0. The van der Waals surface area contributed by atoms with Crippen LogP contribution in [0.2, 0.25) is 0 Å².